The van der Waals surface area contributed by atoms with Crippen LogP contribution in [0.4, 0.5) is 0 Å². The molecule has 1 aliphatic heterocycles. The normalized spacial score (nSPS) is 53.2. The number of Topliss-reactive ketones (excluding diaryl/α,β-unsaturated/α-hetero) is 1. The Labute approximate surface area is 272 Å². The summed E-state index contributed by atoms with van der Waals surface area (Å²) in [5, 5.41) is 62.5. The fourth-order valence-corrected chi connectivity index (χ4v) is 11.7. The Kier molecular flexibility index (Phi) is 8.28. The first-order valence-electron chi connectivity index (χ1n) is 17.4. The monoisotopic (exact) mass is 648 g/mol. The van der Waals surface area contributed by atoms with Crippen molar-refractivity contribution in [1.29, 1.82) is 0 Å². The van der Waals surface area contributed by atoms with Gasteiger partial charge in [-0.2, -0.15) is 0 Å². The van der Waals surface area contributed by atoms with E-state index in [0.717, 1.165) is 25.7 Å². The quantitative estimate of drug-likeness (QED) is 0.197. The number of ether oxygens (including phenoxy) is 2. The lowest BCUT2D eigenvalue weighted by Crippen LogP contribution is -2.68. The molecular weight excluding hydrogens is 592 g/mol. The first-order valence-corrected chi connectivity index (χ1v) is 17.4. The van der Waals surface area contributed by atoms with Gasteiger partial charge < -0.3 is 40.1 Å². The van der Waals surface area contributed by atoms with E-state index in [1.165, 1.54) is 5.57 Å². The number of ketones is 1. The SMILES string of the molecule is CC1(C)CCC2(C(=O)OC3OC(CO)C(O)C(O)C3O)CCC3(C)C(=CCC4C5(C)C(=O)CC(O)C(C)(CO)C5CCC43C)C2C1. The number of carbonyl (C=O) groups is 2. The van der Waals surface area contributed by atoms with Crippen molar-refractivity contribution in [3.8, 4) is 0 Å². The second-order valence-electron chi connectivity index (χ2n) is 17.6. The van der Waals surface area contributed by atoms with Gasteiger partial charge in [0.05, 0.1) is 24.7 Å². The minimum Gasteiger partial charge on any atom is -0.432 e. The van der Waals surface area contributed by atoms with Gasteiger partial charge in [-0.05, 0) is 85.4 Å². The minimum atomic E-state index is -1.66. The van der Waals surface area contributed by atoms with Crippen LogP contribution in [-0.4, -0.2) is 92.4 Å². The lowest BCUT2D eigenvalue weighted by Gasteiger charge is -2.70. The zero-order valence-electron chi connectivity index (χ0n) is 28.4. The van der Waals surface area contributed by atoms with Crippen molar-refractivity contribution in [1.82, 2.24) is 0 Å². The number of esters is 1. The molecule has 0 aromatic carbocycles. The van der Waals surface area contributed by atoms with Gasteiger partial charge in [0.2, 0.25) is 6.29 Å². The number of aliphatic hydroxyl groups is 6. The zero-order valence-corrected chi connectivity index (χ0v) is 28.4. The summed E-state index contributed by atoms with van der Waals surface area (Å²) < 4.78 is 11.5. The van der Waals surface area contributed by atoms with Gasteiger partial charge in [0, 0.05) is 17.3 Å². The van der Waals surface area contributed by atoms with Crippen molar-refractivity contribution in [2.24, 2.45) is 50.2 Å². The predicted molar refractivity (Wildman–Crippen MR) is 167 cm³/mol. The third kappa shape index (κ3) is 4.46. The van der Waals surface area contributed by atoms with Crippen molar-refractivity contribution >= 4 is 11.8 Å². The number of allylic oxidation sites excluding steroid dienone is 2. The Morgan fingerprint density at radius 2 is 1.59 bits per heavy atom. The van der Waals surface area contributed by atoms with E-state index in [2.05, 4.69) is 40.7 Å². The molecule has 10 heteroatoms. The van der Waals surface area contributed by atoms with E-state index in [0.29, 0.717) is 25.7 Å². The van der Waals surface area contributed by atoms with Gasteiger partial charge in [0.25, 0.3) is 0 Å². The lowest BCUT2D eigenvalue weighted by atomic mass is 9.33. The molecule has 0 bridgehead atoms. The maximum absolute atomic E-state index is 14.4. The Hall–Kier alpha value is -1.40. The average Bonchev–Trinajstić information content (AvgIpc) is 3.00. The van der Waals surface area contributed by atoms with Gasteiger partial charge in [-0.3, -0.25) is 9.59 Å². The van der Waals surface area contributed by atoms with Crippen LogP contribution in [-0.2, 0) is 19.1 Å². The number of rotatable bonds is 4. The summed E-state index contributed by atoms with van der Waals surface area (Å²) in [4.78, 5) is 28.4. The van der Waals surface area contributed by atoms with Crippen LogP contribution in [0.2, 0.25) is 0 Å². The highest BCUT2D eigenvalue weighted by molar-refractivity contribution is 5.87. The molecule has 6 rings (SSSR count). The molecule has 10 nitrogen and oxygen atoms in total. The second-order valence-corrected chi connectivity index (χ2v) is 17.6. The van der Waals surface area contributed by atoms with Crippen molar-refractivity contribution in [2.75, 3.05) is 13.2 Å². The first kappa shape index (κ1) is 34.5. The number of aliphatic hydroxyl groups excluding tert-OH is 6. The smallest absolute Gasteiger partial charge is 0.315 e. The third-order valence-electron chi connectivity index (χ3n) is 15.1. The highest BCUT2D eigenvalue weighted by Gasteiger charge is 2.71. The molecule has 0 radical (unpaired) electrons. The predicted octanol–water partition coefficient (Wildman–Crippen LogP) is 2.64. The third-order valence-corrected chi connectivity index (χ3v) is 15.1. The van der Waals surface area contributed by atoms with Gasteiger partial charge in [0.15, 0.2) is 0 Å². The summed E-state index contributed by atoms with van der Waals surface area (Å²) in [5.41, 5.74) is -1.67. The summed E-state index contributed by atoms with van der Waals surface area (Å²) in [6.07, 6.45) is -0.354. The molecular formula is C36H56O10. The molecule has 260 valence electrons. The van der Waals surface area contributed by atoms with Gasteiger partial charge in [-0.25, -0.2) is 0 Å². The number of hydrogen-bond donors (Lipinski definition) is 6. The van der Waals surface area contributed by atoms with E-state index >= 15 is 0 Å². The van der Waals surface area contributed by atoms with Crippen LogP contribution in [0.3, 0.4) is 0 Å². The van der Waals surface area contributed by atoms with Gasteiger partial charge in [-0.15, -0.1) is 0 Å². The lowest BCUT2D eigenvalue weighted by molar-refractivity contribution is -0.297. The van der Waals surface area contributed by atoms with Crippen molar-refractivity contribution in [2.45, 2.75) is 136 Å². The van der Waals surface area contributed by atoms with Crippen LogP contribution in [0, 0.1) is 50.2 Å². The van der Waals surface area contributed by atoms with Gasteiger partial charge >= 0.3 is 5.97 Å². The molecule has 0 spiro atoms. The molecule has 0 aromatic heterocycles. The Bertz CT molecular complexity index is 1280. The van der Waals surface area contributed by atoms with E-state index < -0.39 is 65.6 Å². The molecule has 1 heterocycles. The standard InChI is InChI=1S/C36H56O10/c1-31(2)11-13-36(30(44)46-29-28(43)27(42)26(41)21(17-37)45-29)14-12-33(4)19(20(36)16-31)7-8-23-34(33,5)10-9-22-32(3,18-38)24(39)15-25(40)35(22,23)6/h7,20-24,26-29,37-39,41-43H,8-18H2,1-6H3. The maximum Gasteiger partial charge on any atom is 0.315 e. The number of carbonyl (C=O) groups excluding carboxylic acids is 2. The van der Waals surface area contributed by atoms with Crippen LogP contribution in [0.1, 0.15) is 99.3 Å². The van der Waals surface area contributed by atoms with Crippen LogP contribution in [0.5, 0.6) is 0 Å². The highest BCUT2D eigenvalue weighted by atomic mass is 16.7. The Morgan fingerprint density at radius 1 is 0.913 bits per heavy atom. The first-order chi connectivity index (χ1) is 21.4. The summed E-state index contributed by atoms with van der Waals surface area (Å²) in [6.45, 7) is 12.3. The number of hydrogen-bond acceptors (Lipinski definition) is 10. The van der Waals surface area contributed by atoms with E-state index in [9.17, 15) is 40.2 Å². The molecule has 6 aliphatic rings. The summed E-state index contributed by atoms with van der Waals surface area (Å²) >= 11 is 0. The average molecular weight is 649 g/mol. The molecule has 1 saturated heterocycles. The summed E-state index contributed by atoms with van der Waals surface area (Å²) in [7, 11) is 0. The fraction of sp³-hybridized carbons (Fsp3) is 0.889. The largest absolute Gasteiger partial charge is 0.432 e. The molecule has 6 N–H and O–H groups in total. The second kappa shape index (κ2) is 11.1. The molecule has 5 fully saturated rings. The number of fused-ring (bicyclic) bond motifs is 7. The van der Waals surface area contributed by atoms with Gasteiger partial charge in [-0.1, -0.05) is 53.2 Å². The highest BCUT2D eigenvalue weighted by Crippen LogP contribution is 2.75. The van der Waals surface area contributed by atoms with E-state index in [-0.39, 0.29) is 52.8 Å². The van der Waals surface area contributed by atoms with Crippen molar-refractivity contribution < 1.29 is 49.7 Å². The molecule has 5 aliphatic carbocycles. The summed E-state index contributed by atoms with van der Waals surface area (Å²) in [5.74, 6) is -0.661. The van der Waals surface area contributed by atoms with Crippen LogP contribution in [0.25, 0.3) is 0 Å². The summed E-state index contributed by atoms with van der Waals surface area (Å²) in [6, 6.07) is 0. The topological polar surface area (TPSA) is 174 Å². The maximum atomic E-state index is 14.4. The van der Waals surface area contributed by atoms with E-state index in [4.69, 9.17) is 9.47 Å². The van der Waals surface area contributed by atoms with Crippen LogP contribution in [0.15, 0.2) is 11.6 Å². The fourth-order valence-electron chi connectivity index (χ4n) is 11.7. The minimum absolute atomic E-state index is 0.0172. The van der Waals surface area contributed by atoms with Crippen molar-refractivity contribution in [3.05, 3.63) is 11.6 Å². The molecule has 0 amide bonds. The molecule has 0 aromatic rings. The molecule has 14 atom stereocenters. The van der Waals surface area contributed by atoms with Crippen LogP contribution < -0.4 is 0 Å². The van der Waals surface area contributed by atoms with Crippen molar-refractivity contribution in [3.63, 3.8) is 0 Å². The molecule has 14 unspecified atom stereocenters. The van der Waals surface area contributed by atoms with E-state index in [1.54, 1.807) is 0 Å². The van der Waals surface area contributed by atoms with Crippen LogP contribution >= 0.6 is 0 Å². The van der Waals surface area contributed by atoms with E-state index in [1.807, 2.05) is 6.92 Å². The Morgan fingerprint density at radius 3 is 2.24 bits per heavy atom. The van der Waals surface area contributed by atoms with Gasteiger partial charge in [0.1, 0.15) is 30.2 Å². The Balaban J connectivity index is 1.37. The molecule has 46 heavy (non-hydrogen) atoms. The molecule has 4 saturated carbocycles. The zero-order chi connectivity index (χ0) is 33.8.